The van der Waals surface area contributed by atoms with Crippen LogP contribution in [0.4, 0.5) is 11.4 Å². The zero-order valence-electron chi connectivity index (χ0n) is 11.0. The van der Waals surface area contributed by atoms with Crippen LogP contribution >= 0.6 is 0 Å². The van der Waals surface area contributed by atoms with Crippen molar-refractivity contribution in [3.63, 3.8) is 0 Å². The summed E-state index contributed by atoms with van der Waals surface area (Å²) >= 11 is 0. The fourth-order valence-electron chi connectivity index (χ4n) is 2.15. The Bertz CT molecular complexity index is 569. The number of nitrogens with zero attached hydrogens (tertiary/aromatic N) is 2. The van der Waals surface area contributed by atoms with E-state index in [0.29, 0.717) is 18.7 Å². The minimum atomic E-state index is -0.964. The van der Waals surface area contributed by atoms with Crippen molar-refractivity contribution in [1.29, 1.82) is 5.26 Å². The third kappa shape index (κ3) is 2.71. The molecule has 1 fully saturated rings. The first-order valence-corrected chi connectivity index (χ1v) is 6.23. The minimum absolute atomic E-state index is 0.0114. The molecular formula is C13H15N3O4. The van der Waals surface area contributed by atoms with Crippen LogP contribution in [0.15, 0.2) is 18.2 Å². The molecule has 1 aromatic carbocycles. The third-order valence-corrected chi connectivity index (χ3v) is 3.57. The van der Waals surface area contributed by atoms with E-state index in [1.165, 1.54) is 18.2 Å². The summed E-state index contributed by atoms with van der Waals surface area (Å²) in [6, 6.07) is 5.99. The van der Waals surface area contributed by atoms with Crippen molar-refractivity contribution in [2.75, 3.05) is 18.5 Å². The number of hydrogen-bond acceptors (Lipinski definition) is 6. The molecule has 0 aliphatic carbocycles. The van der Waals surface area contributed by atoms with Crippen molar-refractivity contribution < 1.29 is 14.8 Å². The lowest BCUT2D eigenvalue weighted by Gasteiger charge is -2.26. The molecule has 0 saturated carbocycles. The average molecular weight is 277 g/mol. The summed E-state index contributed by atoms with van der Waals surface area (Å²) in [6.07, 6.45) is 0.252. The first-order valence-electron chi connectivity index (χ1n) is 6.23. The lowest BCUT2D eigenvalue weighted by molar-refractivity contribution is -0.385. The molecule has 1 aromatic rings. The lowest BCUT2D eigenvalue weighted by Crippen LogP contribution is -2.43. The number of benzene rings is 1. The number of anilines is 1. The fraction of sp³-hybridized carbons (Fsp3) is 0.462. The van der Waals surface area contributed by atoms with Gasteiger partial charge in [0.25, 0.3) is 5.69 Å². The summed E-state index contributed by atoms with van der Waals surface area (Å²) in [4.78, 5) is 10.1. The van der Waals surface area contributed by atoms with Gasteiger partial charge in [-0.3, -0.25) is 10.1 Å². The zero-order chi connectivity index (χ0) is 14.8. The number of nitro benzene ring substituents is 1. The number of nitrogens with one attached hydrogen (secondary N) is 1. The lowest BCUT2D eigenvalue weighted by atomic mass is 9.96. The second-order valence-corrected chi connectivity index (χ2v) is 4.82. The van der Waals surface area contributed by atoms with Gasteiger partial charge < -0.3 is 15.2 Å². The van der Waals surface area contributed by atoms with Crippen LogP contribution in [0.1, 0.15) is 18.9 Å². The van der Waals surface area contributed by atoms with Crippen LogP contribution in [0, 0.1) is 21.4 Å². The molecule has 1 saturated heterocycles. The number of nitriles is 1. The smallest absolute Gasteiger partial charge is 0.287 e. The van der Waals surface area contributed by atoms with Crippen molar-refractivity contribution in [2.24, 2.45) is 0 Å². The van der Waals surface area contributed by atoms with E-state index in [2.05, 4.69) is 5.32 Å². The van der Waals surface area contributed by atoms with E-state index in [0.717, 1.165) is 0 Å². The van der Waals surface area contributed by atoms with Crippen molar-refractivity contribution in [1.82, 2.24) is 0 Å². The maximum atomic E-state index is 10.7. The highest BCUT2D eigenvalue weighted by Gasteiger charge is 2.39. The van der Waals surface area contributed by atoms with Crippen LogP contribution in [-0.2, 0) is 4.74 Å². The van der Waals surface area contributed by atoms with E-state index in [9.17, 15) is 15.2 Å². The van der Waals surface area contributed by atoms with Gasteiger partial charge in [0.2, 0.25) is 0 Å². The molecule has 7 nitrogen and oxygen atoms in total. The average Bonchev–Trinajstić information content (AvgIpc) is 2.76. The van der Waals surface area contributed by atoms with Crippen molar-refractivity contribution in [3.8, 4) is 6.07 Å². The van der Waals surface area contributed by atoms with E-state index in [1.807, 2.05) is 0 Å². The SMILES string of the molecule is CC1OCCC1(O)CNc1ccc([N+](=O)[O-])c(C#N)c1. The van der Waals surface area contributed by atoms with Gasteiger partial charge in [0.05, 0.1) is 11.0 Å². The minimum Gasteiger partial charge on any atom is -0.385 e. The Morgan fingerprint density at radius 3 is 3.00 bits per heavy atom. The first kappa shape index (κ1) is 14.2. The monoisotopic (exact) mass is 277 g/mol. The summed E-state index contributed by atoms with van der Waals surface area (Å²) in [6.45, 7) is 2.56. The largest absolute Gasteiger partial charge is 0.385 e. The summed E-state index contributed by atoms with van der Waals surface area (Å²) in [5.74, 6) is 0. The predicted octanol–water partition coefficient (Wildman–Crippen LogP) is 1.42. The number of ether oxygens (including phenoxy) is 1. The Morgan fingerprint density at radius 1 is 1.70 bits per heavy atom. The molecule has 0 spiro atoms. The summed E-state index contributed by atoms with van der Waals surface area (Å²) in [5, 5.41) is 33.0. The van der Waals surface area contributed by atoms with Gasteiger partial charge in [0.15, 0.2) is 0 Å². The Labute approximate surface area is 115 Å². The maximum absolute atomic E-state index is 10.7. The summed E-state index contributed by atoms with van der Waals surface area (Å²) in [5.41, 5.74) is -0.647. The second kappa shape index (κ2) is 5.45. The highest BCUT2D eigenvalue weighted by molar-refractivity contribution is 5.58. The number of nitro groups is 1. The summed E-state index contributed by atoms with van der Waals surface area (Å²) < 4.78 is 5.32. The predicted molar refractivity (Wildman–Crippen MR) is 71.3 cm³/mol. The van der Waals surface area contributed by atoms with Gasteiger partial charge in [-0.2, -0.15) is 5.26 Å². The van der Waals surface area contributed by atoms with Gasteiger partial charge in [0.1, 0.15) is 17.2 Å². The topological polar surface area (TPSA) is 108 Å². The second-order valence-electron chi connectivity index (χ2n) is 4.82. The third-order valence-electron chi connectivity index (χ3n) is 3.57. The first-order chi connectivity index (χ1) is 9.46. The standard InChI is InChI=1S/C13H15N3O4/c1-9-13(17,4-5-20-9)8-15-11-2-3-12(16(18)19)10(6-11)7-14/h2-3,6,9,15,17H,4-5,8H2,1H3. The molecule has 7 heteroatoms. The van der Waals surface area contributed by atoms with Gasteiger partial charge in [-0.15, -0.1) is 0 Å². The van der Waals surface area contributed by atoms with E-state index >= 15 is 0 Å². The van der Waals surface area contributed by atoms with E-state index < -0.39 is 10.5 Å². The van der Waals surface area contributed by atoms with Crippen LogP contribution in [0.3, 0.4) is 0 Å². The van der Waals surface area contributed by atoms with E-state index in [1.54, 1.807) is 13.0 Å². The molecule has 0 bridgehead atoms. The van der Waals surface area contributed by atoms with Crippen molar-refractivity contribution >= 4 is 11.4 Å². The number of hydrogen-bond donors (Lipinski definition) is 2. The highest BCUT2D eigenvalue weighted by Crippen LogP contribution is 2.27. The molecule has 2 N–H and O–H groups in total. The molecule has 2 atom stereocenters. The zero-order valence-corrected chi connectivity index (χ0v) is 11.0. The normalized spacial score (nSPS) is 25.1. The molecule has 0 amide bonds. The highest BCUT2D eigenvalue weighted by atomic mass is 16.6. The Hall–Kier alpha value is -2.17. The van der Waals surface area contributed by atoms with Gasteiger partial charge in [-0.05, 0) is 19.1 Å². The molecule has 106 valence electrons. The van der Waals surface area contributed by atoms with Crippen LogP contribution in [-0.4, -0.2) is 34.9 Å². The van der Waals surface area contributed by atoms with Crippen LogP contribution in [0.25, 0.3) is 0 Å². The van der Waals surface area contributed by atoms with Crippen molar-refractivity contribution in [3.05, 3.63) is 33.9 Å². The Kier molecular flexibility index (Phi) is 3.88. The molecule has 20 heavy (non-hydrogen) atoms. The molecular weight excluding hydrogens is 262 g/mol. The van der Waals surface area contributed by atoms with Crippen LogP contribution < -0.4 is 5.32 Å². The van der Waals surface area contributed by atoms with Gasteiger partial charge in [-0.1, -0.05) is 0 Å². The molecule has 1 aliphatic rings. The maximum Gasteiger partial charge on any atom is 0.287 e. The number of rotatable bonds is 4. The van der Waals surface area contributed by atoms with Crippen molar-refractivity contribution in [2.45, 2.75) is 25.0 Å². The van der Waals surface area contributed by atoms with E-state index in [4.69, 9.17) is 10.00 Å². The molecule has 1 aliphatic heterocycles. The molecule has 2 unspecified atom stereocenters. The summed E-state index contributed by atoms with van der Waals surface area (Å²) in [7, 11) is 0. The van der Waals surface area contributed by atoms with Gasteiger partial charge in [-0.25, -0.2) is 0 Å². The Balaban J connectivity index is 2.11. The molecule has 0 aromatic heterocycles. The molecule has 1 heterocycles. The number of aliphatic hydroxyl groups is 1. The Morgan fingerprint density at radius 2 is 2.45 bits per heavy atom. The van der Waals surface area contributed by atoms with E-state index in [-0.39, 0.29) is 23.9 Å². The van der Waals surface area contributed by atoms with Gasteiger partial charge >= 0.3 is 0 Å². The van der Waals surface area contributed by atoms with Crippen LogP contribution in [0.5, 0.6) is 0 Å². The van der Waals surface area contributed by atoms with Crippen LogP contribution in [0.2, 0.25) is 0 Å². The van der Waals surface area contributed by atoms with Gasteiger partial charge in [0, 0.05) is 31.3 Å². The molecule has 2 rings (SSSR count). The molecule has 0 radical (unpaired) electrons. The quantitative estimate of drug-likeness (QED) is 0.636. The fourth-order valence-corrected chi connectivity index (χ4v) is 2.15.